The zero-order valence-electron chi connectivity index (χ0n) is 10.4. The van der Waals surface area contributed by atoms with Crippen molar-refractivity contribution in [3.63, 3.8) is 0 Å². The predicted molar refractivity (Wildman–Crippen MR) is 59.5 cm³/mol. The largest absolute Gasteiger partial charge is 0.465 e. The second kappa shape index (κ2) is 5.89. The SMILES string of the molecule is CCOC(=O)C(C)(CCC(C)C)C(C)=O. The van der Waals surface area contributed by atoms with E-state index in [1.807, 2.05) is 0 Å². The van der Waals surface area contributed by atoms with Gasteiger partial charge in [-0.2, -0.15) is 0 Å². The average molecular weight is 214 g/mol. The summed E-state index contributed by atoms with van der Waals surface area (Å²) in [7, 11) is 0. The molecule has 0 radical (unpaired) electrons. The lowest BCUT2D eigenvalue weighted by Gasteiger charge is -2.24. The summed E-state index contributed by atoms with van der Waals surface area (Å²) < 4.78 is 4.94. The van der Waals surface area contributed by atoms with E-state index in [0.29, 0.717) is 18.9 Å². The van der Waals surface area contributed by atoms with E-state index >= 15 is 0 Å². The number of ether oxygens (including phenoxy) is 1. The molecule has 0 saturated heterocycles. The molecule has 88 valence electrons. The molecule has 3 nitrogen and oxygen atoms in total. The second-order valence-corrected chi connectivity index (χ2v) is 4.54. The van der Waals surface area contributed by atoms with Crippen molar-refractivity contribution in [1.82, 2.24) is 0 Å². The molecule has 0 N–H and O–H groups in total. The van der Waals surface area contributed by atoms with Gasteiger partial charge in [-0.15, -0.1) is 0 Å². The third-order valence-corrected chi connectivity index (χ3v) is 2.72. The summed E-state index contributed by atoms with van der Waals surface area (Å²) in [6, 6.07) is 0. The molecule has 0 rings (SSSR count). The van der Waals surface area contributed by atoms with Crippen LogP contribution in [0.3, 0.4) is 0 Å². The van der Waals surface area contributed by atoms with Crippen LogP contribution >= 0.6 is 0 Å². The molecular formula is C12H22O3. The Morgan fingerprint density at radius 1 is 1.33 bits per heavy atom. The summed E-state index contributed by atoms with van der Waals surface area (Å²) in [5, 5.41) is 0. The molecule has 15 heavy (non-hydrogen) atoms. The number of rotatable bonds is 6. The van der Waals surface area contributed by atoms with Crippen molar-refractivity contribution in [3.8, 4) is 0 Å². The highest BCUT2D eigenvalue weighted by Gasteiger charge is 2.39. The summed E-state index contributed by atoms with van der Waals surface area (Å²) in [5.41, 5.74) is -0.958. The number of hydrogen-bond acceptors (Lipinski definition) is 3. The molecule has 0 aliphatic carbocycles. The maximum atomic E-state index is 11.7. The average Bonchev–Trinajstić information content (AvgIpc) is 2.14. The van der Waals surface area contributed by atoms with Crippen molar-refractivity contribution in [2.75, 3.05) is 6.61 Å². The topological polar surface area (TPSA) is 43.4 Å². The smallest absolute Gasteiger partial charge is 0.319 e. The Morgan fingerprint density at radius 2 is 1.87 bits per heavy atom. The van der Waals surface area contributed by atoms with Crippen molar-refractivity contribution in [3.05, 3.63) is 0 Å². The molecule has 0 amide bonds. The van der Waals surface area contributed by atoms with E-state index in [9.17, 15) is 9.59 Å². The van der Waals surface area contributed by atoms with Gasteiger partial charge in [-0.05, 0) is 39.5 Å². The first-order chi connectivity index (χ1) is 6.84. The number of carbonyl (C=O) groups is 2. The van der Waals surface area contributed by atoms with Crippen LogP contribution in [0.25, 0.3) is 0 Å². The molecule has 0 spiro atoms. The van der Waals surface area contributed by atoms with Crippen molar-refractivity contribution < 1.29 is 14.3 Å². The predicted octanol–water partition coefficient (Wildman–Crippen LogP) is 2.58. The van der Waals surface area contributed by atoms with Crippen LogP contribution < -0.4 is 0 Å². The van der Waals surface area contributed by atoms with Crippen LogP contribution in [0.2, 0.25) is 0 Å². The minimum Gasteiger partial charge on any atom is -0.465 e. The maximum absolute atomic E-state index is 11.7. The van der Waals surface area contributed by atoms with Crippen LogP contribution in [0.1, 0.15) is 47.5 Å². The van der Waals surface area contributed by atoms with Gasteiger partial charge in [0, 0.05) is 0 Å². The van der Waals surface area contributed by atoms with E-state index in [4.69, 9.17) is 4.74 Å². The number of ketones is 1. The molecule has 0 aliphatic rings. The molecule has 0 fully saturated rings. The van der Waals surface area contributed by atoms with Crippen molar-refractivity contribution in [2.45, 2.75) is 47.5 Å². The fourth-order valence-corrected chi connectivity index (χ4v) is 1.29. The quantitative estimate of drug-likeness (QED) is 0.504. The minimum atomic E-state index is -0.958. The number of esters is 1. The molecule has 0 bridgehead atoms. The molecule has 1 atom stereocenters. The van der Waals surface area contributed by atoms with E-state index < -0.39 is 11.4 Å². The van der Waals surface area contributed by atoms with Crippen LogP contribution in [-0.4, -0.2) is 18.4 Å². The fraction of sp³-hybridized carbons (Fsp3) is 0.833. The van der Waals surface area contributed by atoms with Gasteiger partial charge < -0.3 is 4.74 Å². The Labute approximate surface area is 92.2 Å². The lowest BCUT2D eigenvalue weighted by Crippen LogP contribution is -2.36. The molecule has 0 aromatic carbocycles. The first-order valence-electron chi connectivity index (χ1n) is 5.52. The molecular weight excluding hydrogens is 192 g/mol. The van der Waals surface area contributed by atoms with Gasteiger partial charge in [0.15, 0.2) is 0 Å². The van der Waals surface area contributed by atoms with Gasteiger partial charge >= 0.3 is 5.97 Å². The first kappa shape index (κ1) is 14.1. The van der Waals surface area contributed by atoms with Gasteiger partial charge in [-0.25, -0.2) is 0 Å². The van der Waals surface area contributed by atoms with Gasteiger partial charge in [-0.1, -0.05) is 13.8 Å². The third kappa shape index (κ3) is 4.02. The summed E-state index contributed by atoms with van der Waals surface area (Å²) >= 11 is 0. The van der Waals surface area contributed by atoms with Gasteiger partial charge in [0.05, 0.1) is 6.61 Å². The van der Waals surface area contributed by atoms with Crippen LogP contribution in [0.5, 0.6) is 0 Å². The van der Waals surface area contributed by atoms with Crippen molar-refractivity contribution in [2.24, 2.45) is 11.3 Å². The molecule has 0 saturated carbocycles. The lowest BCUT2D eigenvalue weighted by atomic mass is 9.80. The lowest BCUT2D eigenvalue weighted by molar-refractivity contribution is -0.159. The number of hydrogen-bond donors (Lipinski definition) is 0. The van der Waals surface area contributed by atoms with Crippen LogP contribution in [0.4, 0.5) is 0 Å². The standard InChI is InChI=1S/C12H22O3/c1-6-15-11(14)12(5,10(4)13)8-7-9(2)3/h9H,6-8H2,1-5H3. The Bertz CT molecular complexity index is 233. The highest BCUT2D eigenvalue weighted by molar-refractivity contribution is 6.02. The van der Waals surface area contributed by atoms with E-state index in [2.05, 4.69) is 13.8 Å². The second-order valence-electron chi connectivity index (χ2n) is 4.54. The summed E-state index contributed by atoms with van der Waals surface area (Å²) in [4.78, 5) is 23.2. The third-order valence-electron chi connectivity index (χ3n) is 2.72. The summed E-state index contributed by atoms with van der Waals surface area (Å²) in [5.74, 6) is -0.0159. The van der Waals surface area contributed by atoms with E-state index in [-0.39, 0.29) is 5.78 Å². The van der Waals surface area contributed by atoms with Crippen molar-refractivity contribution in [1.29, 1.82) is 0 Å². The van der Waals surface area contributed by atoms with E-state index in [1.165, 1.54) is 6.92 Å². The van der Waals surface area contributed by atoms with Gasteiger partial charge in [0.1, 0.15) is 11.2 Å². The number of Topliss-reactive ketones (excluding diaryl/α,β-unsaturated/α-hetero) is 1. The number of carbonyl (C=O) groups excluding carboxylic acids is 2. The van der Waals surface area contributed by atoms with Crippen LogP contribution in [0.15, 0.2) is 0 Å². The van der Waals surface area contributed by atoms with Crippen LogP contribution in [-0.2, 0) is 14.3 Å². The molecule has 0 aromatic heterocycles. The van der Waals surface area contributed by atoms with Crippen molar-refractivity contribution >= 4 is 11.8 Å². The molecule has 0 aliphatic heterocycles. The summed E-state index contributed by atoms with van der Waals surface area (Å²) in [6.45, 7) is 9.36. The normalized spacial score (nSPS) is 14.8. The maximum Gasteiger partial charge on any atom is 0.319 e. The van der Waals surface area contributed by atoms with E-state index in [1.54, 1.807) is 13.8 Å². The highest BCUT2D eigenvalue weighted by atomic mass is 16.5. The molecule has 0 aromatic rings. The molecule has 1 unspecified atom stereocenters. The van der Waals surface area contributed by atoms with Gasteiger partial charge in [0.25, 0.3) is 0 Å². The summed E-state index contributed by atoms with van der Waals surface area (Å²) in [6.07, 6.45) is 1.42. The minimum absolute atomic E-state index is 0.110. The Hall–Kier alpha value is -0.860. The van der Waals surface area contributed by atoms with E-state index in [0.717, 1.165) is 6.42 Å². The zero-order valence-corrected chi connectivity index (χ0v) is 10.4. The monoisotopic (exact) mass is 214 g/mol. The molecule has 0 heterocycles. The Morgan fingerprint density at radius 3 is 2.20 bits per heavy atom. The Kier molecular flexibility index (Phi) is 5.55. The first-order valence-corrected chi connectivity index (χ1v) is 5.52. The van der Waals surface area contributed by atoms with Crippen LogP contribution in [0, 0.1) is 11.3 Å². The van der Waals surface area contributed by atoms with Gasteiger partial charge in [0.2, 0.25) is 0 Å². The fourth-order valence-electron chi connectivity index (χ4n) is 1.29. The molecule has 3 heteroatoms. The highest BCUT2D eigenvalue weighted by Crippen LogP contribution is 2.28. The van der Waals surface area contributed by atoms with Gasteiger partial charge in [-0.3, -0.25) is 9.59 Å². The Balaban J connectivity index is 4.59. The zero-order chi connectivity index (χ0) is 12.1.